The number of hydrogen-bond donors (Lipinski definition) is 2. The Hall–Kier alpha value is -1.26. The Labute approximate surface area is 111 Å². The van der Waals surface area contributed by atoms with Crippen molar-refractivity contribution in [3.8, 4) is 0 Å². The van der Waals surface area contributed by atoms with Crippen molar-refractivity contribution in [3.63, 3.8) is 0 Å². The van der Waals surface area contributed by atoms with E-state index in [0.29, 0.717) is 6.42 Å². The van der Waals surface area contributed by atoms with E-state index in [9.17, 15) is 16.8 Å². The Morgan fingerprint density at radius 2 is 2.00 bits per heavy atom. The molecule has 0 aromatic carbocycles. The molecule has 106 valence electrons. The van der Waals surface area contributed by atoms with Crippen LogP contribution in [-0.4, -0.2) is 44.9 Å². The molecule has 8 nitrogen and oxygen atoms in total. The number of hydrogen-bond acceptors (Lipinski definition) is 7. The third-order valence-corrected chi connectivity index (χ3v) is 6.06. The maximum absolute atomic E-state index is 11.9. The molecular formula is C9H14N4O4S2. The minimum atomic E-state index is -3.73. The second kappa shape index (κ2) is 5.02. The minimum absolute atomic E-state index is 0.0131. The Morgan fingerprint density at radius 3 is 2.53 bits per heavy atom. The van der Waals surface area contributed by atoms with Crippen molar-refractivity contribution < 1.29 is 16.8 Å². The molecule has 0 bridgehead atoms. The average Bonchev–Trinajstić information content (AvgIpc) is 2.67. The van der Waals surface area contributed by atoms with Crippen molar-refractivity contribution in [3.05, 3.63) is 12.4 Å². The fourth-order valence-corrected chi connectivity index (χ4v) is 4.68. The van der Waals surface area contributed by atoms with Crippen LogP contribution in [0.1, 0.15) is 6.42 Å². The number of anilines is 1. The molecule has 1 saturated heterocycles. The SMILES string of the molecule is Nc1ncc(S(=O)(=O)NCC2CCS(=O)(=O)C2)cn1. The van der Waals surface area contributed by atoms with Crippen molar-refractivity contribution in [2.24, 2.45) is 5.92 Å². The number of nitrogens with two attached hydrogens (primary N) is 1. The smallest absolute Gasteiger partial charge is 0.243 e. The lowest BCUT2D eigenvalue weighted by Gasteiger charge is -2.09. The number of aromatic nitrogens is 2. The van der Waals surface area contributed by atoms with Gasteiger partial charge in [0.15, 0.2) is 9.84 Å². The molecule has 0 spiro atoms. The first-order chi connectivity index (χ1) is 8.78. The van der Waals surface area contributed by atoms with E-state index in [2.05, 4.69) is 14.7 Å². The van der Waals surface area contributed by atoms with Gasteiger partial charge in [-0.2, -0.15) is 0 Å². The van der Waals surface area contributed by atoms with Gasteiger partial charge in [-0.1, -0.05) is 0 Å². The van der Waals surface area contributed by atoms with Crippen LogP contribution in [0.4, 0.5) is 5.95 Å². The minimum Gasteiger partial charge on any atom is -0.368 e. The van der Waals surface area contributed by atoms with Crippen molar-refractivity contribution >= 4 is 25.8 Å². The third kappa shape index (κ3) is 3.61. The van der Waals surface area contributed by atoms with E-state index in [1.807, 2.05) is 0 Å². The van der Waals surface area contributed by atoms with Crippen LogP contribution < -0.4 is 10.5 Å². The van der Waals surface area contributed by atoms with Crippen LogP contribution in [0.25, 0.3) is 0 Å². The Kier molecular flexibility index (Phi) is 3.74. The van der Waals surface area contributed by atoms with Crippen molar-refractivity contribution in [1.29, 1.82) is 0 Å². The first kappa shape index (κ1) is 14.2. The standard InChI is InChI=1S/C9H14N4O4S2/c10-9-11-4-8(5-12-9)19(16,17)13-3-7-1-2-18(14,15)6-7/h4-5,7,13H,1-3,6H2,(H2,10,11,12). The summed E-state index contributed by atoms with van der Waals surface area (Å²) in [5, 5.41) is 0. The van der Waals surface area contributed by atoms with Crippen molar-refractivity contribution in [2.45, 2.75) is 11.3 Å². The third-order valence-electron chi connectivity index (χ3n) is 2.85. The van der Waals surface area contributed by atoms with Gasteiger partial charge >= 0.3 is 0 Å². The van der Waals surface area contributed by atoms with Crippen LogP contribution in [0.5, 0.6) is 0 Å². The number of sulfonamides is 1. The normalized spacial score (nSPS) is 22.4. The number of nitrogen functional groups attached to an aromatic ring is 1. The van der Waals surface area contributed by atoms with Gasteiger partial charge < -0.3 is 5.73 Å². The predicted molar refractivity (Wildman–Crippen MR) is 68.4 cm³/mol. The van der Waals surface area contributed by atoms with E-state index in [1.54, 1.807) is 0 Å². The molecule has 0 saturated carbocycles. The summed E-state index contributed by atoms with van der Waals surface area (Å²) in [7, 11) is -6.74. The fourth-order valence-electron chi connectivity index (χ4n) is 1.81. The van der Waals surface area contributed by atoms with Crippen LogP contribution in [-0.2, 0) is 19.9 Å². The molecule has 1 aliphatic heterocycles. The summed E-state index contributed by atoms with van der Waals surface area (Å²) in [5.74, 6) is -0.0617. The van der Waals surface area contributed by atoms with Gasteiger partial charge in [0.2, 0.25) is 16.0 Å². The van der Waals surface area contributed by atoms with Crippen LogP contribution in [0.2, 0.25) is 0 Å². The lowest BCUT2D eigenvalue weighted by molar-refractivity contribution is 0.542. The quantitative estimate of drug-likeness (QED) is 0.711. The zero-order valence-electron chi connectivity index (χ0n) is 9.98. The molecule has 1 unspecified atom stereocenters. The summed E-state index contributed by atoms with van der Waals surface area (Å²) >= 11 is 0. The van der Waals surface area contributed by atoms with E-state index in [0.717, 1.165) is 12.4 Å². The van der Waals surface area contributed by atoms with Crippen molar-refractivity contribution in [2.75, 3.05) is 23.8 Å². The molecule has 0 amide bonds. The highest BCUT2D eigenvalue weighted by Gasteiger charge is 2.29. The molecule has 2 rings (SSSR count). The van der Waals surface area contributed by atoms with E-state index >= 15 is 0 Å². The molecule has 3 N–H and O–H groups in total. The first-order valence-corrected chi connectivity index (χ1v) is 8.86. The fraction of sp³-hybridized carbons (Fsp3) is 0.556. The van der Waals surface area contributed by atoms with E-state index in [1.165, 1.54) is 0 Å². The zero-order valence-corrected chi connectivity index (χ0v) is 11.6. The van der Waals surface area contributed by atoms with Crippen LogP contribution >= 0.6 is 0 Å². The maximum Gasteiger partial charge on any atom is 0.243 e. The highest BCUT2D eigenvalue weighted by molar-refractivity contribution is 7.91. The summed E-state index contributed by atoms with van der Waals surface area (Å²) in [5.41, 5.74) is 5.27. The topological polar surface area (TPSA) is 132 Å². The van der Waals surface area contributed by atoms with Gasteiger partial charge in [-0.25, -0.2) is 31.5 Å². The molecule has 1 aliphatic rings. The van der Waals surface area contributed by atoms with Gasteiger partial charge in [-0.3, -0.25) is 0 Å². The van der Waals surface area contributed by atoms with Gasteiger partial charge in [-0.05, 0) is 12.3 Å². The first-order valence-electron chi connectivity index (χ1n) is 5.56. The molecule has 1 aromatic rings. The Morgan fingerprint density at radius 1 is 1.37 bits per heavy atom. The molecule has 2 heterocycles. The predicted octanol–water partition coefficient (Wildman–Crippen LogP) is -1.23. The number of rotatable bonds is 4. The highest BCUT2D eigenvalue weighted by Crippen LogP contribution is 2.18. The van der Waals surface area contributed by atoms with E-state index < -0.39 is 19.9 Å². The average molecular weight is 306 g/mol. The Balaban J connectivity index is 2.01. The Bertz CT molecular complexity index is 654. The lowest BCUT2D eigenvalue weighted by atomic mass is 10.1. The largest absolute Gasteiger partial charge is 0.368 e. The molecule has 0 radical (unpaired) electrons. The van der Waals surface area contributed by atoms with Gasteiger partial charge in [0.1, 0.15) is 4.90 Å². The molecule has 0 aliphatic carbocycles. The lowest BCUT2D eigenvalue weighted by Crippen LogP contribution is -2.30. The number of sulfone groups is 1. The monoisotopic (exact) mass is 306 g/mol. The number of nitrogens with zero attached hydrogens (tertiary/aromatic N) is 2. The second-order valence-corrected chi connectivity index (χ2v) is 8.39. The van der Waals surface area contributed by atoms with Gasteiger partial charge in [0, 0.05) is 6.54 Å². The van der Waals surface area contributed by atoms with Gasteiger partial charge in [-0.15, -0.1) is 0 Å². The highest BCUT2D eigenvalue weighted by atomic mass is 32.2. The zero-order chi connectivity index (χ0) is 14.1. The molecule has 1 atom stereocenters. The molecule has 1 fully saturated rings. The van der Waals surface area contributed by atoms with Gasteiger partial charge in [0.05, 0.1) is 23.9 Å². The van der Waals surface area contributed by atoms with E-state index in [4.69, 9.17) is 5.73 Å². The summed E-state index contributed by atoms with van der Waals surface area (Å²) in [6.07, 6.45) is 2.69. The second-order valence-electron chi connectivity index (χ2n) is 4.40. The van der Waals surface area contributed by atoms with Crippen LogP contribution in [0, 0.1) is 5.92 Å². The summed E-state index contributed by atoms with van der Waals surface area (Å²) in [4.78, 5) is 7.10. The molecular weight excluding hydrogens is 292 g/mol. The van der Waals surface area contributed by atoms with Crippen molar-refractivity contribution in [1.82, 2.24) is 14.7 Å². The molecule has 19 heavy (non-hydrogen) atoms. The maximum atomic E-state index is 11.9. The summed E-state index contributed by atoms with van der Waals surface area (Å²) < 4.78 is 48.6. The molecule has 1 aromatic heterocycles. The van der Waals surface area contributed by atoms with Crippen LogP contribution in [0.15, 0.2) is 17.3 Å². The van der Waals surface area contributed by atoms with Crippen LogP contribution in [0.3, 0.4) is 0 Å². The number of nitrogens with one attached hydrogen (secondary N) is 1. The van der Waals surface area contributed by atoms with Gasteiger partial charge in [0.25, 0.3) is 0 Å². The summed E-state index contributed by atoms with van der Waals surface area (Å²) in [6, 6.07) is 0. The molecule has 10 heteroatoms. The van der Waals surface area contributed by atoms with E-state index in [-0.39, 0.29) is 34.8 Å². The summed E-state index contributed by atoms with van der Waals surface area (Å²) in [6.45, 7) is 0.0892.